The fourth-order valence-corrected chi connectivity index (χ4v) is 3.31. The zero-order valence-corrected chi connectivity index (χ0v) is 13.8. The first-order valence-corrected chi connectivity index (χ1v) is 8.06. The van der Waals surface area contributed by atoms with Crippen LogP contribution in [-0.4, -0.2) is 62.9 Å². The molecule has 23 heavy (non-hydrogen) atoms. The number of ether oxygens (including phenoxy) is 1. The Labute approximate surface area is 137 Å². The fourth-order valence-electron chi connectivity index (χ4n) is 3.31. The minimum atomic E-state index is -0.446. The highest BCUT2D eigenvalue weighted by molar-refractivity contribution is 5.73. The van der Waals surface area contributed by atoms with E-state index in [0.29, 0.717) is 0 Å². The van der Waals surface area contributed by atoms with Crippen molar-refractivity contribution in [2.24, 2.45) is 0 Å². The van der Waals surface area contributed by atoms with E-state index >= 15 is 0 Å². The van der Waals surface area contributed by atoms with Crippen molar-refractivity contribution in [3.63, 3.8) is 0 Å². The number of benzene rings is 1. The average molecular weight is 317 g/mol. The molecule has 1 N–H and O–H groups in total. The maximum atomic E-state index is 13.8. The molecule has 1 atom stereocenters. The first-order chi connectivity index (χ1) is 11.3. The Hall–Kier alpha value is -2.01. The fraction of sp³-hybridized carbons (Fsp3) is 0.444. The van der Waals surface area contributed by atoms with Crippen molar-refractivity contribution in [3.05, 3.63) is 53.6 Å². The lowest BCUT2D eigenvalue weighted by Gasteiger charge is -2.40. The number of rotatable bonds is 4. The van der Waals surface area contributed by atoms with Crippen molar-refractivity contribution in [1.29, 1.82) is 0 Å². The van der Waals surface area contributed by atoms with Gasteiger partial charge in [0.1, 0.15) is 6.67 Å². The molecule has 2 heterocycles. The number of piperazine rings is 1. The summed E-state index contributed by atoms with van der Waals surface area (Å²) >= 11 is 0. The molecular weight excluding hydrogens is 293 g/mol. The third-order valence-electron chi connectivity index (χ3n) is 4.56. The molecule has 124 valence electrons. The van der Waals surface area contributed by atoms with Crippen LogP contribution in [0.15, 0.2) is 48.0 Å². The minimum absolute atomic E-state index is 0.320. The van der Waals surface area contributed by atoms with Crippen molar-refractivity contribution in [3.8, 4) is 0 Å². The molecule has 0 aliphatic carbocycles. The molecule has 1 aromatic carbocycles. The maximum absolute atomic E-state index is 13.8. The monoisotopic (exact) mass is 317 g/mol. The van der Waals surface area contributed by atoms with E-state index in [1.807, 2.05) is 42.3 Å². The van der Waals surface area contributed by atoms with Gasteiger partial charge in [0.25, 0.3) is 0 Å². The zero-order chi connectivity index (χ0) is 16.2. The Morgan fingerprint density at radius 3 is 2.52 bits per heavy atom. The van der Waals surface area contributed by atoms with Gasteiger partial charge in [0.05, 0.1) is 18.8 Å². The number of hydrogen-bond donors (Lipinski definition) is 1. The van der Waals surface area contributed by atoms with E-state index in [1.54, 1.807) is 7.11 Å². The molecule has 1 aromatic rings. The molecule has 5 heteroatoms. The molecule has 1 fully saturated rings. The van der Waals surface area contributed by atoms with E-state index < -0.39 is 6.67 Å². The molecule has 1 unspecified atom stereocenters. The predicted molar refractivity (Wildman–Crippen MR) is 90.4 cm³/mol. The molecule has 0 bridgehead atoms. The van der Waals surface area contributed by atoms with Crippen LogP contribution in [0.4, 0.5) is 4.39 Å². The van der Waals surface area contributed by atoms with Crippen LogP contribution >= 0.6 is 0 Å². The number of nitrogens with zero attached hydrogens (tertiary/aromatic N) is 2. The number of likely N-dealkylation sites (N-methyl/N-ethyl adjacent to an activating group) is 1. The first kappa shape index (κ1) is 15.9. The largest absolute Gasteiger partial charge is 0.481 e. The van der Waals surface area contributed by atoms with Crippen LogP contribution in [-0.2, 0) is 4.74 Å². The highest BCUT2D eigenvalue weighted by Gasteiger charge is 2.32. The summed E-state index contributed by atoms with van der Waals surface area (Å²) in [6, 6.07) is 9.72. The second kappa shape index (κ2) is 7.04. The Morgan fingerprint density at radius 2 is 1.91 bits per heavy atom. The van der Waals surface area contributed by atoms with Crippen LogP contribution in [0.5, 0.6) is 0 Å². The molecule has 0 radical (unpaired) electrons. The second-order valence-electron chi connectivity index (χ2n) is 5.88. The summed E-state index contributed by atoms with van der Waals surface area (Å²) in [6.45, 7) is 3.30. The summed E-state index contributed by atoms with van der Waals surface area (Å²) in [5.41, 5.74) is 3.11. The highest BCUT2D eigenvalue weighted by Crippen LogP contribution is 2.33. The lowest BCUT2D eigenvalue weighted by molar-refractivity contribution is 0.126. The molecule has 0 saturated carbocycles. The molecular formula is C18H24FN3O. The topological polar surface area (TPSA) is 27.7 Å². The van der Waals surface area contributed by atoms with E-state index in [1.165, 1.54) is 0 Å². The van der Waals surface area contributed by atoms with Gasteiger partial charge < -0.3 is 19.9 Å². The third-order valence-corrected chi connectivity index (χ3v) is 4.56. The van der Waals surface area contributed by atoms with Crippen molar-refractivity contribution >= 4 is 5.57 Å². The molecule has 3 rings (SSSR count). The molecule has 0 aromatic heterocycles. The number of nitrogens with one attached hydrogen (secondary N) is 1. The quantitative estimate of drug-likeness (QED) is 0.920. The summed E-state index contributed by atoms with van der Waals surface area (Å²) in [4.78, 5) is 4.23. The van der Waals surface area contributed by atoms with Crippen molar-refractivity contribution in [2.75, 3.05) is 47.0 Å². The molecule has 1 saturated heterocycles. The summed E-state index contributed by atoms with van der Waals surface area (Å²) < 4.78 is 19.4. The number of allylic oxidation sites excluding steroid dienone is 1. The van der Waals surface area contributed by atoms with Crippen LogP contribution in [0.2, 0.25) is 0 Å². The van der Waals surface area contributed by atoms with Crippen LogP contribution in [0.25, 0.3) is 5.57 Å². The molecule has 4 nitrogen and oxygen atoms in total. The minimum Gasteiger partial charge on any atom is -0.481 e. The van der Waals surface area contributed by atoms with Gasteiger partial charge in [0, 0.05) is 33.2 Å². The maximum Gasteiger partial charge on any atom is 0.213 e. The Balaban J connectivity index is 2.05. The number of halogens is 1. The standard InChI is InChI=1S/C18H24FN3O/c1-21-17(13-19)15(14-6-4-3-5-7-14)12-16(18(21)23-2)22-10-8-20-9-11-22/h3-7,12,17,20H,8-11,13H2,1-2H3. The normalized spacial score (nSPS) is 22.2. The number of methoxy groups -OCH3 is 1. The van der Waals surface area contributed by atoms with E-state index in [0.717, 1.165) is 48.9 Å². The predicted octanol–water partition coefficient (Wildman–Crippen LogP) is 2.07. The molecule has 0 amide bonds. The van der Waals surface area contributed by atoms with Gasteiger partial charge in [-0.05, 0) is 17.2 Å². The zero-order valence-electron chi connectivity index (χ0n) is 13.8. The second-order valence-corrected chi connectivity index (χ2v) is 5.88. The van der Waals surface area contributed by atoms with Gasteiger partial charge in [-0.1, -0.05) is 30.3 Å². The van der Waals surface area contributed by atoms with Gasteiger partial charge in [0.2, 0.25) is 5.88 Å². The third kappa shape index (κ3) is 3.06. The first-order valence-electron chi connectivity index (χ1n) is 8.06. The van der Waals surface area contributed by atoms with Gasteiger partial charge >= 0.3 is 0 Å². The summed E-state index contributed by atoms with van der Waals surface area (Å²) in [5.74, 6) is 0.745. The van der Waals surface area contributed by atoms with Gasteiger partial charge in [-0.2, -0.15) is 0 Å². The summed E-state index contributed by atoms with van der Waals surface area (Å²) in [7, 11) is 3.56. The molecule has 2 aliphatic heterocycles. The SMILES string of the molecule is COC1=C(N2CCNCC2)C=C(c2ccccc2)C(CF)N1C. The summed E-state index contributed by atoms with van der Waals surface area (Å²) in [5, 5.41) is 3.36. The van der Waals surface area contributed by atoms with E-state index in [4.69, 9.17) is 4.74 Å². The smallest absolute Gasteiger partial charge is 0.213 e. The van der Waals surface area contributed by atoms with E-state index in [9.17, 15) is 4.39 Å². The van der Waals surface area contributed by atoms with Crippen LogP contribution in [0, 0.1) is 0 Å². The van der Waals surface area contributed by atoms with Gasteiger partial charge in [-0.25, -0.2) is 4.39 Å². The molecule has 0 spiro atoms. The van der Waals surface area contributed by atoms with Crippen LogP contribution in [0.1, 0.15) is 5.56 Å². The van der Waals surface area contributed by atoms with Gasteiger partial charge in [-0.3, -0.25) is 0 Å². The lowest BCUT2D eigenvalue weighted by Crippen LogP contribution is -2.46. The number of hydrogen-bond acceptors (Lipinski definition) is 4. The Bertz CT molecular complexity index is 594. The van der Waals surface area contributed by atoms with Crippen LogP contribution < -0.4 is 5.32 Å². The Kier molecular flexibility index (Phi) is 4.86. The lowest BCUT2D eigenvalue weighted by atomic mass is 9.94. The molecule has 2 aliphatic rings. The average Bonchev–Trinajstić information content (AvgIpc) is 2.62. The number of alkyl halides is 1. The summed E-state index contributed by atoms with van der Waals surface area (Å²) in [6.07, 6.45) is 2.10. The van der Waals surface area contributed by atoms with Gasteiger partial charge in [-0.15, -0.1) is 0 Å². The van der Waals surface area contributed by atoms with Crippen molar-refractivity contribution < 1.29 is 9.13 Å². The Morgan fingerprint density at radius 1 is 1.22 bits per heavy atom. The highest BCUT2D eigenvalue weighted by atomic mass is 19.1. The van der Waals surface area contributed by atoms with Gasteiger partial charge in [0.15, 0.2) is 0 Å². The van der Waals surface area contributed by atoms with Crippen molar-refractivity contribution in [2.45, 2.75) is 6.04 Å². The van der Waals surface area contributed by atoms with Crippen LogP contribution in [0.3, 0.4) is 0 Å². The van der Waals surface area contributed by atoms with Crippen molar-refractivity contribution in [1.82, 2.24) is 15.1 Å². The van der Waals surface area contributed by atoms with E-state index in [-0.39, 0.29) is 6.04 Å². The van der Waals surface area contributed by atoms with E-state index in [2.05, 4.69) is 16.3 Å².